The van der Waals surface area contributed by atoms with Gasteiger partial charge in [-0.05, 0) is 39.3 Å². The number of nitrogens with one attached hydrogen (secondary N) is 1. The zero-order valence-electron chi connectivity index (χ0n) is 12.6. The molecule has 5 nitrogen and oxygen atoms in total. The number of carbonyl (C=O) groups is 1. The molecule has 1 atom stereocenters. The number of thioether (sulfide) groups is 1. The number of hydrogen-bond acceptors (Lipinski definition) is 5. The Hall–Kier alpha value is -1.82. The molecule has 0 aliphatic heterocycles. The zero-order valence-corrected chi connectivity index (χ0v) is 13.4. The highest BCUT2D eigenvalue weighted by molar-refractivity contribution is 8.00. The van der Waals surface area contributed by atoms with Gasteiger partial charge >= 0.3 is 0 Å². The molecule has 0 aliphatic rings. The Morgan fingerprint density at radius 2 is 1.95 bits per heavy atom. The van der Waals surface area contributed by atoms with Crippen molar-refractivity contribution in [3.05, 3.63) is 29.8 Å². The lowest BCUT2D eigenvalue weighted by atomic mass is 10.1. The van der Waals surface area contributed by atoms with Crippen LogP contribution in [0.25, 0.3) is 11.5 Å². The lowest BCUT2D eigenvalue weighted by Gasteiger charge is -2.12. The van der Waals surface area contributed by atoms with Crippen LogP contribution >= 0.6 is 11.8 Å². The van der Waals surface area contributed by atoms with Gasteiger partial charge in [0.25, 0.3) is 5.22 Å². The first-order valence-corrected chi connectivity index (χ1v) is 7.72. The minimum Gasteiger partial charge on any atom is -0.411 e. The lowest BCUT2D eigenvalue weighted by Crippen LogP contribution is -2.35. The van der Waals surface area contributed by atoms with Crippen LogP contribution in [0.2, 0.25) is 0 Å². The van der Waals surface area contributed by atoms with Gasteiger partial charge in [-0.1, -0.05) is 30.0 Å². The molecule has 2 rings (SSSR count). The van der Waals surface area contributed by atoms with E-state index < -0.39 is 0 Å². The average Bonchev–Trinajstić information content (AvgIpc) is 2.86. The number of rotatable bonds is 5. The number of aromatic nitrogens is 2. The van der Waals surface area contributed by atoms with Gasteiger partial charge in [-0.2, -0.15) is 0 Å². The van der Waals surface area contributed by atoms with Crippen LogP contribution < -0.4 is 5.32 Å². The molecular formula is C15H19N3O2S. The van der Waals surface area contributed by atoms with Gasteiger partial charge in [-0.3, -0.25) is 4.79 Å². The topological polar surface area (TPSA) is 68.0 Å². The summed E-state index contributed by atoms with van der Waals surface area (Å²) in [5.74, 6) is 0.442. The number of carbonyl (C=O) groups excluding carboxylic acids is 1. The molecule has 1 heterocycles. The van der Waals surface area contributed by atoms with E-state index in [0.717, 1.165) is 11.1 Å². The first-order chi connectivity index (χ1) is 9.97. The monoisotopic (exact) mass is 305 g/mol. The van der Waals surface area contributed by atoms with Crippen molar-refractivity contribution in [2.45, 2.75) is 44.2 Å². The predicted octanol–water partition coefficient (Wildman–Crippen LogP) is 3.05. The maximum Gasteiger partial charge on any atom is 0.277 e. The molecule has 1 amide bonds. The number of benzene rings is 1. The maximum atomic E-state index is 11.9. The van der Waals surface area contributed by atoms with E-state index in [0.29, 0.717) is 11.1 Å². The fraction of sp³-hybridized carbons (Fsp3) is 0.400. The number of aryl methyl sites for hydroxylation is 1. The zero-order chi connectivity index (χ0) is 15.4. The second kappa shape index (κ2) is 6.76. The van der Waals surface area contributed by atoms with Crippen LogP contribution in [0.4, 0.5) is 0 Å². The van der Waals surface area contributed by atoms with E-state index in [1.807, 2.05) is 52.0 Å². The van der Waals surface area contributed by atoms with E-state index in [1.165, 1.54) is 11.8 Å². The highest BCUT2D eigenvalue weighted by Crippen LogP contribution is 2.27. The van der Waals surface area contributed by atoms with Crippen LogP contribution in [-0.4, -0.2) is 27.4 Å². The average molecular weight is 305 g/mol. The summed E-state index contributed by atoms with van der Waals surface area (Å²) in [4.78, 5) is 11.9. The molecule has 0 fully saturated rings. The third-order valence-corrected chi connectivity index (χ3v) is 3.79. The summed E-state index contributed by atoms with van der Waals surface area (Å²) in [6.07, 6.45) is 0. The van der Waals surface area contributed by atoms with Crippen LogP contribution in [0.15, 0.2) is 33.9 Å². The molecule has 0 unspecified atom stereocenters. The Kier molecular flexibility index (Phi) is 5.01. The first-order valence-electron chi connectivity index (χ1n) is 6.84. The van der Waals surface area contributed by atoms with E-state index in [9.17, 15) is 4.79 Å². The molecule has 1 aromatic heterocycles. The fourth-order valence-electron chi connectivity index (χ4n) is 1.79. The standard InChI is InChI=1S/C15H19N3O2S/c1-9(2)16-13(19)11(4)21-15-18-17-14(20-15)12-8-6-5-7-10(12)3/h5-9,11H,1-4H3,(H,16,19)/t11-/m1/s1. The summed E-state index contributed by atoms with van der Waals surface area (Å²) >= 11 is 1.26. The predicted molar refractivity (Wildman–Crippen MR) is 83.1 cm³/mol. The Balaban J connectivity index is 2.07. The van der Waals surface area contributed by atoms with Crippen molar-refractivity contribution in [1.82, 2.24) is 15.5 Å². The molecule has 0 bridgehead atoms. The van der Waals surface area contributed by atoms with E-state index in [1.54, 1.807) is 0 Å². The van der Waals surface area contributed by atoms with E-state index in [-0.39, 0.29) is 17.2 Å². The second-order valence-electron chi connectivity index (χ2n) is 5.11. The summed E-state index contributed by atoms with van der Waals surface area (Å²) in [6, 6.07) is 7.93. The molecule has 21 heavy (non-hydrogen) atoms. The largest absolute Gasteiger partial charge is 0.411 e. The SMILES string of the molecule is Cc1ccccc1-c1nnc(S[C@H](C)C(=O)NC(C)C)o1. The van der Waals surface area contributed by atoms with Gasteiger partial charge in [0.1, 0.15) is 0 Å². The van der Waals surface area contributed by atoms with Gasteiger partial charge in [0.2, 0.25) is 11.8 Å². The van der Waals surface area contributed by atoms with Crippen molar-refractivity contribution in [1.29, 1.82) is 0 Å². The first kappa shape index (κ1) is 15.6. The molecule has 0 radical (unpaired) electrons. The summed E-state index contributed by atoms with van der Waals surface area (Å²) in [5.41, 5.74) is 1.99. The third-order valence-electron chi connectivity index (χ3n) is 2.86. The third kappa shape index (κ3) is 4.07. The normalized spacial score (nSPS) is 12.4. The van der Waals surface area contributed by atoms with E-state index in [2.05, 4.69) is 15.5 Å². The maximum absolute atomic E-state index is 11.9. The highest BCUT2D eigenvalue weighted by atomic mass is 32.2. The fourth-order valence-corrected chi connectivity index (χ4v) is 2.48. The number of amides is 1. The van der Waals surface area contributed by atoms with Gasteiger partial charge in [-0.25, -0.2) is 0 Å². The van der Waals surface area contributed by atoms with Gasteiger partial charge < -0.3 is 9.73 Å². The minimum atomic E-state index is -0.280. The molecular weight excluding hydrogens is 286 g/mol. The van der Waals surface area contributed by atoms with E-state index >= 15 is 0 Å². The quantitative estimate of drug-likeness (QED) is 0.860. The van der Waals surface area contributed by atoms with Crippen molar-refractivity contribution >= 4 is 17.7 Å². The smallest absolute Gasteiger partial charge is 0.277 e. The summed E-state index contributed by atoms with van der Waals surface area (Å²) < 4.78 is 5.64. The van der Waals surface area contributed by atoms with E-state index in [4.69, 9.17) is 4.42 Å². The molecule has 0 saturated carbocycles. The highest BCUT2D eigenvalue weighted by Gasteiger charge is 2.19. The van der Waals surface area contributed by atoms with Crippen molar-refractivity contribution in [3.63, 3.8) is 0 Å². The molecule has 112 valence electrons. The Morgan fingerprint density at radius 1 is 1.24 bits per heavy atom. The number of hydrogen-bond donors (Lipinski definition) is 1. The molecule has 1 N–H and O–H groups in total. The Morgan fingerprint density at radius 3 is 2.62 bits per heavy atom. The van der Waals surface area contributed by atoms with Crippen molar-refractivity contribution in [2.75, 3.05) is 0 Å². The van der Waals surface area contributed by atoms with Crippen molar-refractivity contribution in [3.8, 4) is 11.5 Å². The van der Waals surface area contributed by atoms with Crippen LogP contribution in [0.1, 0.15) is 26.3 Å². The van der Waals surface area contributed by atoms with Gasteiger partial charge in [0, 0.05) is 11.6 Å². The Labute approximate surface area is 128 Å². The minimum absolute atomic E-state index is 0.0364. The number of nitrogens with zero attached hydrogens (tertiary/aromatic N) is 2. The summed E-state index contributed by atoms with van der Waals surface area (Å²) in [6.45, 7) is 7.67. The Bertz CT molecular complexity index is 625. The van der Waals surface area contributed by atoms with Gasteiger partial charge in [0.05, 0.1) is 5.25 Å². The van der Waals surface area contributed by atoms with Crippen LogP contribution in [0.5, 0.6) is 0 Å². The van der Waals surface area contributed by atoms with Gasteiger partial charge in [0.15, 0.2) is 0 Å². The molecule has 0 spiro atoms. The van der Waals surface area contributed by atoms with Crippen LogP contribution in [-0.2, 0) is 4.79 Å². The molecule has 6 heteroatoms. The molecule has 2 aromatic rings. The molecule has 1 aromatic carbocycles. The van der Waals surface area contributed by atoms with Crippen molar-refractivity contribution < 1.29 is 9.21 Å². The summed E-state index contributed by atoms with van der Waals surface area (Å²) in [5, 5.41) is 11.0. The van der Waals surface area contributed by atoms with Gasteiger partial charge in [-0.15, -0.1) is 10.2 Å². The van der Waals surface area contributed by atoms with Crippen LogP contribution in [0.3, 0.4) is 0 Å². The van der Waals surface area contributed by atoms with Crippen molar-refractivity contribution in [2.24, 2.45) is 0 Å². The van der Waals surface area contributed by atoms with Crippen LogP contribution in [0, 0.1) is 6.92 Å². The lowest BCUT2D eigenvalue weighted by molar-refractivity contribution is -0.120. The second-order valence-corrected chi connectivity index (χ2v) is 6.40. The summed E-state index contributed by atoms with van der Waals surface area (Å²) in [7, 11) is 0. The molecule has 0 aliphatic carbocycles. The molecule has 0 saturated heterocycles.